The minimum absolute atomic E-state index is 0.0554. The van der Waals surface area contributed by atoms with Crippen LogP contribution in [0.1, 0.15) is 19.4 Å². The number of amides is 1. The van der Waals surface area contributed by atoms with Crippen LogP contribution in [0.25, 0.3) is 0 Å². The Morgan fingerprint density at radius 2 is 2.15 bits per heavy atom. The first-order valence-electron chi connectivity index (χ1n) is 6.33. The first kappa shape index (κ1) is 16.3. The molecule has 3 N–H and O–H groups in total. The van der Waals surface area contributed by atoms with Gasteiger partial charge in [0.15, 0.2) is 5.84 Å². The van der Waals surface area contributed by atoms with Crippen LogP contribution in [-0.4, -0.2) is 28.9 Å². The van der Waals surface area contributed by atoms with Crippen LogP contribution in [0.4, 0.5) is 0 Å². The van der Waals surface area contributed by atoms with Gasteiger partial charge < -0.3 is 15.8 Å². The molecule has 0 aromatic heterocycles. The molecule has 1 atom stereocenters. The minimum atomic E-state index is -0.635. The van der Waals surface area contributed by atoms with Gasteiger partial charge in [-0.2, -0.15) is 0 Å². The maximum atomic E-state index is 12.4. The fourth-order valence-electron chi connectivity index (χ4n) is 2.04. The zero-order valence-corrected chi connectivity index (χ0v) is 12.6. The smallest absolute Gasteiger partial charge is 0.233 e. The average Bonchev–Trinajstić information content (AvgIpc) is 2.38. The molecular weight excluding hydrogens is 278 g/mol. The lowest BCUT2D eigenvalue weighted by molar-refractivity contribution is -0.133. The highest BCUT2D eigenvalue weighted by atomic mass is 35.5. The number of hydrogen-bond donors (Lipinski definition) is 2. The number of carbonyl (C=O) groups excluding carboxylic acids is 1. The van der Waals surface area contributed by atoms with Crippen molar-refractivity contribution in [2.75, 3.05) is 7.05 Å². The van der Waals surface area contributed by atoms with Crippen molar-refractivity contribution in [1.29, 1.82) is 0 Å². The molecule has 0 saturated heterocycles. The molecule has 1 amide bonds. The van der Waals surface area contributed by atoms with Crippen LogP contribution >= 0.6 is 11.6 Å². The van der Waals surface area contributed by atoms with Crippen molar-refractivity contribution in [3.05, 3.63) is 34.9 Å². The molecule has 0 aliphatic heterocycles. The van der Waals surface area contributed by atoms with Gasteiger partial charge in [0.05, 0.1) is 0 Å². The lowest BCUT2D eigenvalue weighted by Crippen LogP contribution is -2.42. The first-order valence-corrected chi connectivity index (χ1v) is 6.71. The monoisotopic (exact) mass is 297 g/mol. The third-order valence-corrected chi connectivity index (χ3v) is 3.29. The number of carbonyl (C=O) groups is 1. The summed E-state index contributed by atoms with van der Waals surface area (Å²) in [7, 11) is 1.68. The average molecular weight is 298 g/mol. The Balaban J connectivity index is 2.84. The first-order chi connectivity index (χ1) is 9.36. The van der Waals surface area contributed by atoms with Gasteiger partial charge in [-0.05, 0) is 23.6 Å². The van der Waals surface area contributed by atoms with Crippen LogP contribution in [0.2, 0.25) is 5.02 Å². The summed E-state index contributed by atoms with van der Waals surface area (Å²) in [6.45, 7) is 4.13. The second-order valence-electron chi connectivity index (χ2n) is 5.07. The predicted octanol–water partition coefficient (Wildman–Crippen LogP) is 2.32. The highest BCUT2D eigenvalue weighted by Gasteiger charge is 2.29. The van der Waals surface area contributed by atoms with Gasteiger partial charge in [-0.3, -0.25) is 4.79 Å². The number of hydrogen-bond acceptors (Lipinski definition) is 3. The molecular formula is C14H20ClN3O2. The molecule has 0 spiro atoms. The van der Waals surface area contributed by atoms with Gasteiger partial charge in [-0.15, -0.1) is 0 Å². The Morgan fingerprint density at radius 1 is 1.50 bits per heavy atom. The molecule has 110 valence electrons. The summed E-state index contributed by atoms with van der Waals surface area (Å²) in [5.41, 5.74) is 6.53. The van der Waals surface area contributed by atoms with E-state index in [-0.39, 0.29) is 17.7 Å². The van der Waals surface area contributed by atoms with E-state index in [0.29, 0.717) is 11.6 Å². The van der Waals surface area contributed by atoms with Gasteiger partial charge in [-0.1, -0.05) is 42.7 Å². The van der Waals surface area contributed by atoms with Crippen molar-refractivity contribution < 1.29 is 10.0 Å². The molecule has 0 aliphatic carbocycles. The van der Waals surface area contributed by atoms with Crippen molar-refractivity contribution in [1.82, 2.24) is 4.90 Å². The fraction of sp³-hybridized carbons (Fsp3) is 0.429. The van der Waals surface area contributed by atoms with Crippen LogP contribution in [0.3, 0.4) is 0 Å². The van der Waals surface area contributed by atoms with Crippen LogP contribution in [-0.2, 0) is 11.3 Å². The number of nitrogens with two attached hydrogens (primary N) is 1. The standard InChI is InChI=1S/C14H20ClN3O2/c1-9(2)12(13(16)17-20)14(19)18(3)8-10-5-4-6-11(15)7-10/h4-7,9,12,20H,8H2,1-3H3,(H2,16,17). The number of benzene rings is 1. The molecule has 0 bridgehead atoms. The normalized spacial score (nSPS) is 13.3. The summed E-state index contributed by atoms with van der Waals surface area (Å²) in [5, 5.41) is 12.4. The largest absolute Gasteiger partial charge is 0.409 e. The zero-order chi connectivity index (χ0) is 15.3. The van der Waals surface area contributed by atoms with E-state index < -0.39 is 5.92 Å². The number of amidine groups is 1. The molecule has 6 heteroatoms. The number of nitrogens with zero attached hydrogens (tertiary/aromatic N) is 2. The predicted molar refractivity (Wildman–Crippen MR) is 79.7 cm³/mol. The lowest BCUT2D eigenvalue weighted by Gasteiger charge is -2.25. The zero-order valence-electron chi connectivity index (χ0n) is 11.9. The molecule has 1 rings (SSSR count). The van der Waals surface area contributed by atoms with Gasteiger partial charge >= 0.3 is 0 Å². The lowest BCUT2D eigenvalue weighted by atomic mass is 9.93. The van der Waals surface area contributed by atoms with Gasteiger partial charge in [0.1, 0.15) is 5.92 Å². The van der Waals surface area contributed by atoms with Crippen molar-refractivity contribution in [3.8, 4) is 0 Å². The Labute approximate surface area is 124 Å². The molecule has 0 heterocycles. The topological polar surface area (TPSA) is 78.9 Å². The second-order valence-corrected chi connectivity index (χ2v) is 5.51. The number of rotatable bonds is 5. The van der Waals surface area contributed by atoms with Gasteiger partial charge in [-0.25, -0.2) is 0 Å². The molecule has 0 aliphatic rings. The molecule has 1 aromatic rings. The van der Waals surface area contributed by atoms with E-state index in [9.17, 15) is 4.79 Å². The Kier molecular flexibility index (Phi) is 5.82. The van der Waals surface area contributed by atoms with Crippen LogP contribution in [0.5, 0.6) is 0 Å². The number of halogens is 1. The highest BCUT2D eigenvalue weighted by molar-refractivity contribution is 6.30. The van der Waals surface area contributed by atoms with E-state index >= 15 is 0 Å². The van der Waals surface area contributed by atoms with Crippen molar-refractivity contribution in [2.24, 2.45) is 22.7 Å². The number of oxime groups is 1. The summed E-state index contributed by atoms with van der Waals surface area (Å²) >= 11 is 5.92. The third kappa shape index (κ3) is 4.13. The Hall–Kier alpha value is -1.75. The molecule has 1 unspecified atom stereocenters. The highest BCUT2D eigenvalue weighted by Crippen LogP contribution is 2.17. The van der Waals surface area contributed by atoms with Crippen molar-refractivity contribution >= 4 is 23.3 Å². The summed E-state index contributed by atoms with van der Waals surface area (Å²) in [6.07, 6.45) is 0. The van der Waals surface area contributed by atoms with Gasteiger partial charge in [0.25, 0.3) is 0 Å². The van der Waals surface area contributed by atoms with Gasteiger partial charge in [0.2, 0.25) is 5.91 Å². The summed E-state index contributed by atoms with van der Waals surface area (Å²) in [5.74, 6) is -0.942. The summed E-state index contributed by atoms with van der Waals surface area (Å²) < 4.78 is 0. The van der Waals surface area contributed by atoms with E-state index in [2.05, 4.69) is 5.16 Å². The van der Waals surface area contributed by atoms with E-state index in [1.54, 1.807) is 24.1 Å². The van der Waals surface area contributed by atoms with Gasteiger partial charge in [0, 0.05) is 18.6 Å². The molecule has 0 radical (unpaired) electrons. The molecule has 0 fully saturated rings. The van der Waals surface area contributed by atoms with Crippen LogP contribution in [0, 0.1) is 11.8 Å². The quantitative estimate of drug-likeness (QED) is 0.379. The van der Waals surface area contributed by atoms with E-state index in [1.165, 1.54) is 0 Å². The summed E-state index contributed by atoms with van der Waals surface area (Å²) in [4.78, 5) is 13.9. The van der Waals surface area contributed by atoms with E-state index in [4.69, 9.17) is 22.5 Å². The summed E-state index contributed by atoms with van der Waals surface area (Å²) in [6, 6.07) is 7.31. The van der Waals surface area contributed by atoms with Crippen molar-refractivity contribution in [3.63, 3.8) is 0 Å². The molecule has 1 aromatic carbocycles. The maximum Gasteiger partial charge on any atom is 0.233 e. The minimum Gasteiger partial charge on any atom is -0.409 e. The third-order valence-electron chi connectivity index (χ3n) is 3.05. The van der Waals surface area contributed by atoms with Crippen molar-refractivity contribution in [2.45, 2.75) is 20.4 Å². The van der Waals surface area contributed by atoms with E-state index in [0.717, 1.165) is 5.56 Å². The SMILES string of the molecule is CC(C)C(C(=O)N(C)Cc1cccc(Cl)c1)C(N)=NO. The molecule has 5 nitrogen and oxygen atoms in total. The Bertz CT molecular complexity index is 503. The second kappa shape index (κ2) is 7.14. The van der Waals surface area contributed by atoms with Crippen LogP contribution < -0.4 is 5.73 Å². The molecule has 0 saturated carbocycles. The Morgan fingerprint density at radius 3 is 2.65 bits per heavy atom. The van der Waals surface area contributed by atoms with Crippen LogP contribution in [0.15, 0.2) is 29.4 Å². The van der Waals surface area contributed by atoms with E-state index in [1.807, 2.05) is 26.0 Å². The fourth-order valence-corrected chi connectivity index (χ4v) is 2.25. The molecule has 20 heavy (non-hydrogen) atoms. The maximum absolute atomic E-state index is 12.4.